The second-order valence-corrected chi connectivity index (χ2v) is 1.09. The molecule has 0 heterocycles. The normalized spacial score (nSPS) is 6.86. The summed E-state index contributed by atoms with van der Waals surface area (Å²) < 4.78 is 0. The second kappa shape index (κ2) is 16.2. The van der Waals surface area contributed by atoms with Gasteiger partial charge in [-0.2, -0.15) is 0 Å². The minimum absolute atomic E-state index is 0.819. The quantitative estimate of drug-likeness (QED) is 0.426. The first kappa shape index (κ1) is 10.3. The van der Waals surface area contributed by atoms with Crippen molar-refractivity contribution in [3.8, 4) is 0 Å². The van der Waals surface area contributed by atoms with Crippen molar-refractivity contribution < 1.29 is 9.79 Å². The summed E-state index contributed by atoms with van der Waals surface area (Å²) in [5.74, 6) is 0. The van der Waals surface area contributed by atoms with Crippen LogP contribution in [-0.2, 0) is 0 Å². The van der Waals surface area contributed by atoms with E-state index in [-0.39, 0.29) is 0 Å². The van der Waals surface area contributed by atoms with Gasteiger partial charge in [0.05, 0.1) is 0 Å². The Morgan fingerprint density at radius 1 is 1.57 bits per heavy atom. The first-order valence-electron chi connectivity index (χ1n) is 2.06. The molecule has 0 rings (SSSR count). The topological polar surface area (TPSA) is 66.5 Å². The maximum Gasteiger partial charge on any atom is 0.149 e. The molecule has 4 N–H and O–H groups in total. The molecule has 0 radical (unpaired) electrons. The summed E-state index contributed by atoms with van der Waals surface area (Å²) in [6.07, 6.45) is 1.10. The Balaban J connectivity index is 0. The molecule has 0 saturated carbocycles. The minimum Gasteiger partial charge on any atom is -0.352 e. The fraction of sp³-hybridized carbons (Fsp3) is 1.00. The van der Waals surface area contributed by atoms with Gasteiger partial charge in [-0.25, -0.2) is 0 Å². The van der Waals surface area contributed by atoms with Crippen molar-refractivity contribution in [1.29, 1.82) is 0 Å². The number of nitrogens with two attached hydrogens (primary N) is 1. The van der Waals surface area contributed by atoms with Crippen molar-refractivity contribution in [3.63, 3.8) is 0 Å². The lowest BCUT2D eigenvalue weighted by molar-refractivity contribution is 0.513. The molecular weight excluding hydrogens is 113 g/mol. The van der Waals surface area contributed by atoms with E-state index < -0.39 is 9.03 Å². The Labute approximate surface area is 45.5 Å². The molecule has 0 saturated heterocycles. The molecule has 46 valence electrons. The van der Waals surface area contributed by atoms with Crippen molar-refractivity contribution in [2.75, 3.05) is 6.54 Å². The maximum atomic E-state index is 7.15. The van der Waals surface area contributed by atoms with Gasteiger partial charge in [0.2, 0.25) is 0 Å². The minimum atomic E-state index is -0.917. The van der Waals surface area contributed by atoms with Gasteiger partial charge in [-0.15, -0.1) is 0 Å². The molecule has 0 bridgehead atoms. The zero-order valence-corrected chi connectivity index (χ0v) is 5.39. The van der Waals surface area contributed by atoms with E-state index in [2.05, 4.69) is 6.92 Å². The Bertz CT molecular complexity index is 20.4. The van der Waals surface area contributed by atoms with Crippen LogP contribution in [0.4, 0.5) is 0 Å². The van der Waals surface area contributed by atoms with Crippen molar-refractivity contribution in [3.05, 3.63) is 0 Å². The van der Waals surface area contributed by atoms with Crippen LogP contribution in [-0.4, -0.2) is 16.3 Å². The van der Waals surface area contributed by atoms with Crippen LogP contribution in [0.3, 0.4) is 0 Å². The lowest BCUT2D eigenvalue weighted by Gasteiger charge is -1.70. The first-order chi connectivity index (χ1) is 3.33. The Morgan fingerprint density at radius 3 is 1.71 bits per heavy atom. The molecule has 7 heavy (non-hydrogen) atoms. The van der Waals surface area contributed by atoms with Crippen molar-refractivity contribution >= 4 is 9.03 Å². The standard InChI is InChI=1S/C3H9N.H3O2P/c1-2-3-4;1-3-2/h2-4H2,1H3;1-3H. The average Bonchev–Trinajstić information content (AvgIpc) is 1.69. The van der Waals surface area contributed by atoms with Crippen LogP contribution in [0.1, 0.15) is 13.3 Å². The van der Waals surface area contributed by atoms with E-state index in [9.17, 15) is 0 Å². The van der Waals surface area contributed by atoms with E-state index in [0.29, 0.717) is 0 Å². The van der Waals surface area contributed by atoms with Gasteiger partial charge < -0.3 is 15.5 Å². The molecule has 0 aliphatic rings. The van der Waals surface area contributed by atoms with Crippen LogP contribution < -0.4 is 5.73 Å². The molecule has 0 aliphatic heterocycles. The van der Waals surface area contributed by atoms with Gasteiger partial charge in [-0.3, -0.25) is 0 Å². The van der Waals surface area contributed by atoms with Gasteiger partial charge in [0, 0.05) is 0 Å². The van der Waals surface area contributed by atoms with Crippen LogP contribution in [0.5, 0.6) is 0 Å². The maximum absolute atomic E-state index is 7.15. The van der Waals surface area contributed by atoms with E-state index in [4.69, 9.17) is 15.5 Å². The molecule has 0 aromatic carbocycles. The van der Waals surface area contributed by atoms with Crippen LogP contribution in [0.15, 0.2) is 0 Å². The highest BCUT2D eigenvalue weighted by Gasteiger charge is 1.55. The average molecular weight is 125 g/mol. The van der Waals surface area contributed by atoms with Crippen molar-refractivity contribution in [2.45, 2.75) is 13.3 Å². The summed E-state index contributed by atoms with van der Waals surface area (Å²) in [4.78, 5) is 14.3. The van der Waals surface area contributed by atoms with Gasteiger partial charge >= 0.3 is 0 Å². The van der Waals surface area contributed by atoms with E-state index in [1.165, 1.54) is 0 Å². The third-order valence-corrected chi connectivity index (χ3v) is 0.289. The SMILES string of the molecule is CCCN.OPO. The fourth-order valence-corrected chi connectivity index (χ4v) is 0. The van der Waals surface area contributed by atoms with Crippen LogP contribution in [0.2, 0.25) is 0 Å². The third-order valence-electron chi connectivity index (χ3n) is 0.289. The van der Waals surface area contributed by atoms with Crippen LogP contribution in [0.25, 0.3) is 0 Å². The van der Waals surface area contributed by atoms with Crippen LogP contribution >= 0.6 is 9.03 Å². The summed E-state index contributed by atoms with van der Waals surface area (Å²) in [5.41, 5.74) is 5.03. The summed E-state index contributed by atoms with van der Waals surface area (Å²) >= 11 is 0. The van der Waals surface area contributed by atoms with Crippen LogP contribution in [0, 0.1) is 0 Å². The molecule has 0 aliphatic carbocycles. The molecule has 0 atom stereocenters. The molecule has 0 fully saturated rings. The molecule has 0 unspecified atom stereocenters. The van der Waals surface area contributed by atoms with Gasteiger partial charge in [-0.1, -0.05) is 6.92 Å². The highest BCUT2D eigenvalue weighted by atomic mass is 31.1. The Kier molecular flexibility index (Phi) is 23.9. The highest BCUT2D eigenvalue weighted by molar-refractivity contribution is 7.23. The van der Waals surface area contributed by atoms with E-state index >= 15 is 0 Å². The lowest BCUT2D eigenvalue weighted by Crippen LogP contribution is -1.93. The zero-order valence-electron chi connectivity index (χ0n) is 4.39. The van der Waals surface area contributed by atoms with E-state index in [1.807, 2.05) is 0 Å². The fourth-order valence-electron chi connectivity index (χ4n) is 0. The Hall–Kier alpha value is 0.310. The van der Waals surface area contributed by atoms with Gasteiger partial charge in [-0.05, 0) is 13.0 Å². The van der Waals surface area contributed by atoms with Crippen molar-refractivity contribution in [2.24, 2.45) is 5.73 Å². The molecule has 0 aromatic heterocycles. The van der Waals surface area contributed by atoms with Gasteiger partial charge in [0.1, 0.15) is 9.03 Å². The molecule has 0 aromatic rings. The molecule has 0 spiro atoms. The molecule has 0 amide bonds. The molecule has 4 heteroatoms. The van der Waals surface area contributed by atoms with Crippen molar-refractivity contribution in [1.82, 2.24) is 0 Å². The number of hydrogen-bond donors (Lipinski definition) is 3. The third kappa shape index (κ3) is 68.3. The molecule has 3 nitrogen and oxygen atoms in total. The summed E-state index contributed by atoms with van der Waals surface area (Å²) in [6, 6.07) is 0. The highest BCUT2D eigenvalue weighted by Crippen LogP contribution is 1.81. The summed E-state index contributed by atoms with van der Waals surface area (Å²) in [5, 5.41) is 0. The summed E-state index contributed by atoms with van der Waals surface area (Å²) in [7, 11) is -0.917. The lowest BCUT2D eigenvalue weighted by atomic mass is 10.5. The number of hydrogen-bond acceptors (Lipinski definition) is 3. The first-order valence-corrected chi connectivity index (χ1v) is 2.96. The Morgan fingerprint density at radius 2 is 1.71 bits per heavy atom. The van der Waals surface area contributed by atoms with E-state index in [1.54, 1.807) is 0 Å². The second-order valence-electron chi connectivity index (χ2n) is 0.889. The summed E-state index contributed by atoms with van der Waals surface area (Å²) in [6.45, 7) is 2.88. The predicted octanol–water partition coefficient (Wildman–Crippen LogP) is -0.165. The zero-order chi connectivity index (χ0) is 6.12. The largest absolute Gasteiger partial charge is 0.352 e. The van der Waals surface area contributed by atoms with Gasteiger partial charge in [0.15, 0.2) is 0 Å². The molecular formula is C3H12NO2P. The van der Waals surface area contributed by atoms with E-state index in [0.717, 1.165) is 13.0 Å². The number of rotatable bonds is 1. The predicted molar refractivity (Wildman–Crippen MR) is 32.1 cm³/mol. The monoisotopic (exact) mass is 125 g/mol. The van der Waals surface area contributed by atoms with Gasteiger partial charge in [0.25, 0.3) is 0 Å². The smallest absolute Gasteiger partial charge is 0.149 e.